The topological polar surface area (TPSA) is 76.7 Å². The van der Waals surface area contributed by atoms with Crippen LogP contribution in [0.3, 0.4) is 0 Å². The minimum absolute atomic E-state index is 0.206. The Morgan fingerprint density at radius 2 is 2.04 bits per heavy atom. The summed E-state index contributed by atoms with van der Waals surface area (Å²) in [6.45, 7) is 11.1. The van der Waals surface area contributed by atoms with E-state index in [1.54, 1.807) is 33.8 Å². The molecular formula is C19H27FN2O4. The monoisotopic (exact) mass is 366 g/mol. The van der Waals surface area contributed by atoms with Gasteiger partial charge in [0.2, 0.25) is 0 Å². The predicted molar refractivity (Wildman–Crippen MR) is 99.4 cm³/mol. The zero-order chi connectivity index (χ0) is 19.7. The quantitative estimate of drug-likeness (QED) is 0.686. The van der Waals surface area contributed by atoms with Crippen LogP contribution in [0.4, 0.5) is 14.9 Å². The van der Waals surface area contributed by atoms with Gasteiger partial charge in [0.25, 0.3) is 0 Å². The molecule has 0 fully saturated rings. The molecule has 1 atom stereocenters. The van der Waals surface area contributed by atoms with Crippen LogP contribution in [0.5, 0.6) is 0 Å². The lowest BCUT2D eigenvalue weighted by Crippen LogP contribution is -2.45. The number of carbonyl (C=O) groups excluding carboxylic acids is 2. The number of ether oxygens (including phenoxy) is 2. The number of nitrogens with one attached hydrogen (secondary N) is 2. The van der Waals surface area contributed by atoms with E-state index in [1.165, 1.54) is 18.2 Å². The molecule has 0 bridgehead atoms. The minimum atomic E-state index is -0.857. The Bertz CT molecular complexity index is 641. The first-order valence-electron chi connectivity index (χ1n) is 8.48. The Labute approximate surface area is 153 Å². The summed E-state index contributed by atoms with van der Waals surface area (Å²) in [4.78, 5) is 24.0. The summed E-state index contributed by atoms with van der Waals surface area (Å²) in [5.74, 6) is -0.898. The van der Waals surface area contributed by atoms with E-state index in [-0.39, 0.29) is 18.8 Å². The Balaban J connectivity index is 2.70. The van der Waals surface area contributed by atoms with E-state index in [0.29, 0.717) is 17.8 Å². The van der Waals surface area contributed by atoms with Crippen molar-refractivity contribution in [1.82, 2.24) is 5.32 Å². The van der Waals surface area contributed by atoms with Crippen molar-refractivity contribution in [2.24, 2.45) is 0 Å². The maximum absolute atomic E-state index is 13.3. The van der Waals surface area contributed by atoms with Gasteiger partial charge in [-0.25, -0.2) is 14.0 Å². The summed E-state index contributed by atoms with van der Waals surface area (Å²) in [5, 5.41) is 5.63. The fourth-order valence-electron chi connectivity index (χ4n) is 2.16. The molecule has 0 aliphatic carbocycles. The van der Waals surface area contributed by atoms with Gasteiger partial charge in [0.1, 0.15) is 17.5 Å². The van der Waals surface area contributed by atoms with Crippen molar-refractivity contribution in [2.75, 3.05) is 18.5 Å². The number of carbonyl (C=O) groups is 2. The van der Waals surface area contributed by atoms with Gasteiger partial charge in [0.15, 0.2) is 0 Å². The third-order valence-electron chi connectivity index (χ3n) is 3.24. The van der Waals surface area contributed by atoms with E-state index in [2.05, 4.69) is 17.2 Å². The fraction of sp³-hybridized carbons (Fsp3) is 0.474. The fourth-order valence-corrected chi connectivity index (χ4v) is 2.16. The number of benzene rings is 1. The Kier molecular flexibility index (Phi) is 8.09. The number of hydrogen-bond donors (Lipinski definition) is 2. The molecule has 0 saturated carbocycles. The second-order valence-corrected chi connectivity index (χ2v) is 6.60. The van der Waals surface area contributed by atoms with Crippen LogP contribution in [0.15, 0.2) is 24.8 Å². The third kappa shape index (κ3) is 7.55. The van der Waals surface area contributed by atoms with Crippen LogP contribution >= 0.6 is 0 Å². The van der Waals surface area contributed by atoms with Crippen molar-refractivity contribution >= 4 is 23.8 Å². The van der Waals surface area contributed by atoms with Crippen LogP contribution in [0.25, 0.3) is 6.08 Å². The van der Waals surface area contributed by atoms with Gasteiger partial charge < -0.3 is 20.1 Å². The largest absolute Gasteiger partial charge is 0.464 e. The van der Waals surface area contributed by atoms with Crippen LogP contribution in [0, 0.1) is 5.82 Å². The number of amides is 1. The highest BCUT2D eigenvalue weighted by atomic mass is 19.1. The predicted octanol–water partition coefficient (Wildman–Crippen LogP) is 3.73. The Hall–Kier alpha value is -2.57. The van der Waals surface area contributed by atoms with Crippen molar-refractivity contribution < 1.29 is 23.5 Å². The van der Waals surface area contributed by atoms with Gasteiger partial charge in [-0.3, -0.25) is 0 Å². The summed E-state index contributed by atoms with van der Waals surface area (Å²) in [7, 11) is 0. The third-order valence-corrected chi connectivity index (χ3v) is 3.24. The number of hydrogen-bond acceptors (Lipinski definition) is 5. The molecule has 0 aromatic heterocycles. The normalized spacial score (nSPS) is 12.0. The molecule has 0 aliphatic rings. The minimum Gasteiger partial charge on any atom is -0.464 e. The molecule has 0 aliphatic heterocycles. The molecule has 26 heavy (non-hydrogen) atoms. The number of esters is 1. The molecule has 1 aromatic rings. The summed E-state index contributed by atoms with van der Waals surface area (Å²) in [6, 6.07) is 3.42. The van der Waals surface area contributed by atoms with E-state index in [1.807, 2.05) is 0 Å². The van der Waals surface area contributed by atoms with Crippen molar-refractivity contribution in [3.05, 3.63) is 36.2 Å². The van der Waals surface area contributed by atoms with Gasteiger partial charge >= 0.3 is 12.1 Å². The van der Waals surface area contributed by atoms with Crippen molar-refractivity contribution in [3.63, 3.8) is 0 Å². The Morgan fingerprint density at radius 1 is 1.35 bits per heavy atom. The first-order valence-corrected chi connectivity index (χ1v) is 8.48. The summed E-state index contributed by atoms with van der Waals surface area (Å²) in [6.07, 6.45) is 1.11. The molecular weight excluding hydrogens is 339 g/mol. The van der Waals surface area contributed by atoms with E-state index >= 15 is 0 Å². The first kappa shape index (κ1) is 21.5. The molecule has 0 heterocycles. The number of alkyl carbamates (subject to hydrolysis) is 1. The van der Waals surface area contributed by atoms with Gasteiger partial charge in [0, 0.05) is 12.2 Å². The zero-order valence-electron chi connectivity index (χ0n) is 15.7. The number of halogens is 1. The number of anilines is 1. The molecule has 0 saturated heterocycles. The lowest BCUT2D eigenvalue weighted by atomic mass is 10.1. The van der Waals surface area contributed by atoms with Gasteiger partial charge in [-0.05, 0) is 57.9 Å². The summed E-state index contributed by atoms with van der Waals surface area (Å²) in [5.41, 5.74) is 0.619. The highest BCUT2D eigenvalue weighted by molar-refractivity contribution is 5.81. The van der Waals surface area contributed by atoms with E-state index < -0.39 is 23.7 Å². The molecule has 0 radical (unpaired) electrons. The summed E-state index contributed by atoms with van der Waals surface area (Å²) >= 11 is 0. The van der Waals surface area contributed by atoms with Crippen molar-refractivity contribution in [2.45, 2.75) is 45.8 Å². The summed E-state index contributed by atoms with van der Waals surface area (Å²) < 4.78 is 23.4. The molecule has 1 aromatic carbocycles. The average Bonchev–Trinajstić information content (AvgIpc) is 2.53. The molecule has 6 nitrogen and oxygen atoms in total. The maximum atomic E-state index is 13.3. The van der Waals surface area contributed by atoms with Crippen LogP contribution < -0.4 is 10.6 Å². The molecule has 1 unspecified atom stereocenters. The van der Waals surface area contributed by atoms with Crippen LogP contribution in [-0.4, -0.2) is 36.9 Å². The molecule has 2 N–H and O–H groups in total. The SMILES string of the molecule is C=Cc1cc(F)ccc1NCCC(NC(=O)OC(C)(C)C)C(=O)OCC. The number of rotatable bonds is 8. The van der Waals surface area contributed by atoms with Gasteiger partial charge in [-0.1, -0.05) is 12.7 Å². The molecule has 144 valence electrons. The second-order valence-electron chi connectivity index (χ2n) is 6.60. The van der Waals surface area contributed by atoms with E-state index in [9.17, 15) is 14.0 Å². The van der Waals surface area contributed by atoms with Gasteiger partial charge in [-0.15, -0.1) is 0 Å². The van der Waals surface area contributed by atoms with E-state index in [4.69, 9.17) is 9.47 Å². The average molecular weight is 366 g/mol. The lowest BCUT2D eigenvalue weighted by molar-refractivity contribution is -0.145. The van der Waals surface area contributed by atoms with Gasteiger partial charge in [0.05, 0.1) is 6.61 Å². The van der Waals surface area contributed by atoms with Crippen molar-refractivity contribution in [1.29, 1.82) is 0 Å². The molecule has 1 rings (SSSR count). The molecule has 0 spiro atoms. The maximum Gasteiger partial charge on any atom is 0.408 e. The van der Waals surface area contributed by atoms with E-state index in [0.717, 1.165) is 0 Å². The second kappa shape index (κ2) is 9.79. The zero-order valence-corrected chi connectivity index (χ0v) is 15.7. The lowest BCUT2D eigenvalue weighted by Gasteiger charge is -2.23. The molecule has 1 amide bonds. The van der Waals surface area contributed by atoms with Crippen LogP contribution in [0.1, 0.15) is 39.7 Å². The highest BCUT2D eigenvalue weighted by Gasteiger charge is 2.25. The highest BCUT2D eigenvalue weighted by Crippen LogP contribution is 2.18. The Morgan fingerprint density at radius 3 is 2.62 bits per heavy atom. The smallest absolute Gasteiger partial charge is 0.408 e. The van der Waals surface area contributed by atoms with Gasteiger partial charge in [-0.2, -0.15) is 0 Å². The molecule has 7 heteroatoms. The van der Waals surface area contributed by atoms with Crippen molar-refractivity contribution in [3.8, 4) is 0 Å². The first-order chi connectivity index (χ1) is 12.2. The standard InChI is InChI=1S/C19H27FN2O4/c1-6-13-12-14(20)8-9-15(13)21-11-10-16(17(23)25-7-2)22-18(24)26-19(3,4)5/h6,8-9,12,16,21H,1,7,10-11H2,2-5H3,(H,22,24). The van der Waals surface area contributed by atoms with Crippen LogP contribution in [-0.2, 0) is 14.3 Å². The van der Waals surface area contributed by atoms with Crippen LogP contribution in [0.2, 0.25) is 0 Å².